The number of aromatic carboxylic acids is 2. The zero-order valence-corrected chi connectivity index (χ0v) is 18.6. The van der Waals surface area contributed by atoms with E-state index in [4.69, 9.17) is 19.7 Å². The van der Waals surface area contributed by atoms with Crippen molar-refractivity contribution in [1.29, 1.82) is 0 Å². The Bertz CT molecular complexity index is 729. The van der Waals surface area contributed by atoms with Crippen LogP contribution in [-0.2, 0) is 0 Å². The van der Waals surface area contributed by atoms with E-state index in [1.54, 1.807) is 48.5 Å². The molecule has 2 rings (SSSR count). The lowest BCUT2D eigenvalue weighted by Gasteiger charge is -2.07. The summed E-state index contributed by atoms with van der Waals surface area (Å²) < 4.78 is 11.3. The van der Waals surface area contributed by atoms with Gasteiger partial charge < -0.3 is 19.7 Å². The molecule has 2 N–H and O–H groups in total. The topological polar surface area (TPSA) is 93.1 Å². The van der Waals surface area contributed by atoms with Crippen molar-refractivity contribution in [3.05, 3.63) is 59.7 Å². The summed E-state index contributed by atoms with van der Waals surface area (Å²) in [4.78, 5) is 21.6. The lowest BCUT2D eigenvalue weighted by atomic mass is 10.1. The standard InChI is InChI=1S/C26H34O6/c27-25(28)21-11-15-23(16-12-21)31-19-9-7-5-3-1-2-4-6-8-10-20-32-24-17-13-22(14-18-24)26(29)30/h11-18H,1-10,19-20H2,(H,27,28)(H,29,30). The highest BCUT2D eigenvalue weighted by Gasteiger charge is 2.03. The molecule has 0 aromatic heterocycles. The van der Waals surface area contributed by atoms with Crippen molar-refractivity contribution in [3.8, 4) is 11.5 Å². The first-order valence-corrected chi connectivity index (χ1v) is 11.5. The molecular weight excluding hydrogens is 408 g/mol. The van der Waals surface area contributed by atoms with Crippen LogP contribution in [0.15, 0.2) is 48.5 Å². The highest BCUT2D eigenvalue weighted by Crippen LogP contribution is 2.15. The Kier molecular flexibility index (Phi) is 11.7. The van der Waals surface area contributed by atoms with E-state index in [2.05, 4.69) is 0 Å². The van der Waals surface area contributed by atoms with Gasteiger partial charge in [-0.15, -0.1) is 0 Å². The molecule has 0 aliphatic carbocycles. The van der Waals surface area contributed by atoms with Gasteiger partial charge in [-0.3, -0.25) is 0 Å². The average Bonchev–Trinajstić information content (AvgIpc) is 2.80. The third-order valence-electron chi connectivity index (χ3n) is 5.28. The van der Waals surface area contributed by atoms with Crippen molar-refractivity contribution >= 4 is 11.9 Å². The second-order valence-electron chi connectivity index (χ2n) is 7.89. The van der Waals surface area contributed by atoms with Gasteiger partial charge in [-0.2, -0.15) is 0 Å². The summed E-state index contributed by atoms with van der Waals surface area (Å²) in [5, 5.41) is 17.7. The van der Waals surface area contributed by atoms with Gasteiger partial charge in [-0.1, -0.05) is 51.4 Å². The van der Waals surface area contributed by atoms with Gasteiger partial charge in [0, 0.05) is 0 Å². The van der Waals surface area contributed by atoms with Gasteiger partial charge in [-0.25, -0.2) is 9.59 Å². The molecule has 0 heterocycles. The van der Waals surface area contributed by atoms with Crippen LogP contribution in [0.2, 0.25) is 0 Å². The van der Waals surface area contributed by atoms with Crippen LogP contribution < -0.4 is 9.47 Å². The number of carbonyl (C=O) groups is 2. The number of carboxylic acid groups (broad SMARTS) is 2. The van der Waals surface area contributed by atoms with Gasteiger partial charge in [0.1, 0.15) is 11.5 Å². The quantitative estimate of drug-likeness (QED) is 0.274. The molecule has 0 aliphatic heterocycles. The highest BCUT2D eigenvalue weighted by atomic mass is 16.5. The van der Waals surface area contributed by atoms with Crippen molar-refractivity contribution in [2.45, 2.75) is 64.2 Å². The summed E-state index contributed by atoms with van der Waals surface area (Å²) in [5.41, 5.74) is 0.547. The minimum absolute atomic E-state index is 0.274. The molecule has 0 spiro atoms. The fraction of sp³-hybridized carbons (Fsp3) is 0.462. The maximum atomic E-state index is 10.8. The summed E-state index contributed by atoms with van der Waals surface area (Å²) in [6.07, 6.45) is 11.8. The molecule has 0 atom stereocenters. The summed E-state index contributed by atoms with van der Waals surface area (Å²) in [7, 11) is 0. The van der Waals surface area contributed by atoms with Gasteiger partial charge in [-0.05, 0) is 61.4 Å². The number of carboxylic acids is 2. The van der Waals surface area contributed by atoms with Crippen molar-refractivity contribution < 1.29 is 29.3 Å². The normalized spacial score (nSPS) is 10.6. The summed E-state index contributed by atoms with van der Waals surface area (Å²) in [6, 6.07) is 13.1. The fourth-order valence-electron chi connectivity index (χ4n) is 3.39. The summed E-state index contributed by atoms with van der Waals surface area (Å²) in [5.74, 6) is -0.409. The number of ether oxygens (including phenoxy) is 2. The maximum Gasteiger partial charge on any atom is 0.335 e. The van der Waals surface area contributed by atoms with Crippen LogP contribution in [0.1, 0.15) is 84.9 Å². The van der Waals surface area contributed by atoms with E-state index in [1.807, 2.05) is 0 Å². The number of benzene rings is 2. The molecule has 0 aliphatic rings. The molecule has 174 valence electrons. The molecular formula is C26H34O6. The Balaban J connectivity index is 1.35. The molecule has 0 unspecified atom stereocenters. The number of hydrogen-bond donors (Lipinski definition) is 2. The largest absolute Gasteiger partial charge is 0.494 e. The van der Waals surface area contributed by atoms with Gasteiger partial charge >= 0.3 is 11.9 Å². The van der Waals surface area contributed by atoms with E-state index in [-0.39, 0.29) is 11.1 Å². The molecule has 0 amide bonds. The first kappa shape index (κ1) is 25.2. The second-order valence-corrected chi connectivity index (χ2v) is 7.89. The summed E-state index contributed by atoms with van der Waals surface area (Å²) >= 11 is 0. The molecule has 0 saturated carbocycles. The van der Waals surface area contributed by atoms with E-state index in [0.29, 0.717) is 13.2 Å². The predicted octanol–water partition coefficient (Wildman–Crippen LogP) is 6.44. The van der Waals surface area contributed by atoms with Gasteiger partial charge in [0.2, 0.25) is 0 Å². The third kappa shape index (κ3) is 10.3. The second kappa shape index (κ2) is 14.9. The number of hydrogen-bond acceptors (Lipinski definition) is 4. The van der Waals surface area contributed by atoms with Crippen LogP contribution in [0.5, 0.6) is 11.5 Å². The van der Waals surface area contributed by atoms with Gasteiger partial charge in [0.25, 0.3) is 0 Å². The van der Waals surface area contributed by atoms with Crippen LogP contribution in [0, 0.1) is 0 Å². The van der Waals surface area contributed by atoms with E-state index >= 15 is 0 Å². The SMILES string of the molecule is O=C(O)c1ccc(OCCCCCCCCCCCCOc2ccc(C(=O)O)cc2)cc1. The molecule has 6 heteroatoms. The zero-order chi connectivity index (χ0) is 23.0. The lowest BCUT2D eigenvalue weighted by molar-refractivity contribution is 0.0686. The Morgan fingerprint density at radius 1 is 0.500 bits per heavy atom. The number of unbranched alkanes of at least 4 members (excludes halogenated alkanes) is 9. The predicted molar refractivity (Wildman–Crippen MR) is 124 cm³/mol. The maximum absolute atomic E-state index is 10.8. The molecule has 32 heavy (non-hydrogen) atoms. The molecule has 0 bridgehead atoms. The van der Waals surface area contributed by atoms with E-state index in [1.165, 1.54) is 38.5 Å². The highest BCUT2D eigenvalue weighted by molar-refractivity contribution is 5.88. The molecule has 6 nitrogen and oxygen atoms in total. The molecule has 0 saturated heterocycles. The van der Waals surface area contributed by atoms with Crippen molar-refractivity contribution in [2.75, 3.05) is 13.2 Å². The van der Waals surface area contributed by atoms with E-state index < -0.39 is 11.9 Å². The molecule has 2 aromatic carbocycles. The Morgan fingerprint density at radius 3 is 1.06 bits per heavy atom. The Morgan fingerprint density at radius 2 is 0.781 bits per heavy atom. The first-order chi connectivity index (χ1) is 15.6. The van der Waals surface area contributed by atoms with Crippen LogP contribution in [0.25, 0.3) is 0 Å². The summed E-state index contributed by atoms with van der Waals surface area (Å²) in [6.45, 7) is 1.33. The zero-order valence-electron chi connectivity index (χ0n) is 18.6. The Hall–Kier alpha value is -3.02. The fourth-order valence-corrected chi connectivity index (χ4v) is 3.39. The van der Waals surface area contributed by atoms with Gasteiger partial charge in [0.05, 0.1) is 24.3 Å². The molecule has 2 aromatic rings. The van der Waals surface area contributed by atoms with Crippen molar-refractivity contribution in [3.63, 3.8) is 0 Å². The minimum Gasteiger partial charge on any atom is -0.494 e. The smallest absolute Gasteiger partial charge is 0.335 e. The van der Waals surface area contributed by atoms with Crippen LogP contribution in [0.3, 0.4) is 0 Å². The van der Waals surface area contributed by atoms with Gasteiger partial charge in [0.15, 0.2) is 0 Å². The minimum atomic E-state index is -0.924. The number of rotatable bonds is 17. The molecule has 0 fully saturated rings. The van der Waals surface area contributed by atoms with Crippen molar-refractivity contribution in [2.24, 2.45) is 0 Å². The average molecular weight is 443 g/mol. The van der Waals surface area contributed by atoms with Crippen LogP contribution in [0.4, 0.5) is 0 Å². The van der Waals surface area contributed by atoms with E-state index in [0.717, 1.165) is 37.2 Å². The lowest BCUT2D eigenvalue weighted by Crippen LogP contribution is -1.99. The van der Waals surface area contributed by atoms with Crippen molar-refractivity contribution in [1.82, 2.24) is 0 Å². The van der Waals surface area contributed by atoms with Crippen LogP contribution >= 0.6 is 0 Å². The van der Waals surface area contributed by atoms with E-state index in [9.17, 15) is 9.59 Å². The molecule has 0 radical (unpaired) electrons. The monoisotopic (exact) mass is 442 g/mol. The third-order valence-corrected chi connectivity index (χ3v) is 5.28. The first-order valence-electron chi connectivity index (χ1n) is 11.5. The van der Waals surface area contributed by atoms with Crippen LogP contribution in [-0.4, -0.2) is 35.4 Å². The Labute approximate surface area is 190 Å².